The number of hydrogen-bond donors (Lipinski definition) is 3. The minimum Gasteiger partial charge on any atom is -0.351 e. The van der Waals surface area contributed by atoms with Crippen LogP contribution in [0.4, 0.5) is 5.69 Å². The Balaban J connectivity index is 0.00000676. The number of unbranched alkanes of at least 4 members (excludes halogenated alkanes) is 1. The van der Waals surface area contributed by atoms with Gasteiger partial charge in [0, 0.05) is 32.2 Å². The molecule has 27 heavy (non-hydrogen) atoms. The highest BCUT2D eigenvalue weighted by molar-refractivity contribution is 7.89. The molecular formula is C17H29ClN4O4S. The quantitative estimate of drug-likeness (QED) is 0.527. The van der Waals surface area contributed by atoms with Crippen molar-refractivity contribution in [2.75, 3.05) is 25.5 Å². The second-order valence-corrected chi connectivity index (χ2v) is 8.15. The normalized spacial score (nSPS) is 12.2. The summed E-state index contributed by atoms with van der Waals surface area (Å²) in [7, 11) is -2.46. The van der Waals surface area contributed by atoms with Crippen molar-refractivity contribution in [2.24, 2.45) is 5.73 Å². The molecule has 0 spiro atoms. The van der Waals surface area contributed by atoms with E-state index in [1.807, 2.05) is 6.92 Å². The van der Waals surface area contributed by atoms with Crippen LogP contribution in [-0.2, 0) is 19.6 Å². The van der Waals surface area contributed by atoms with E-state index in [1.54, 1.807) is 0 Å². The van der Waals surface area contributed by atoms with E-state index >= 15 is 0 Å². The van der Waals surface area contributed by atoms with Gasteiger partial charge in [0.25, 0.3) is 0 Å². The number of benzene rings is 1. The summed E-state index contributed by atoms with van der Waals surface area (Å²) in [6, 6.07) is 5.61. The van der Waals surface area contributed by atoms with Gasteiger partial charge < -0.3 is 16.4 Å². The number of hydrogen-bond acceptors (Lipinski definition) is 5. The van der Waals surface area contributed by atoms with E-state index in [2.05, 4.69) is 10.6 Å². The Morgan fingerprint density at radius 3 is 2.30 bits per heavy atom. The first kappa shape index (κ1) is 25.3. The van der Waals surface area contributed by atoms with Crippen molar-refractivity contribution < 1.29 is 18.0 Å². The van der Waals surface area contributed by atoms with Gasteiger partial charge in [-0.05, 0) is 30.7 Å². The SMILES string of the molecule is CCCCC(CN)NC(=O)CN(C)S(=O)(=O)c1ccc(NC(C)=O)cc1.Cl. The lowest BCUT2D eigenvalue weighted by atomic mass is 10.1. The molecule has 154 valence electrons. The second-order valence-electron chi connectivity index (χ2n) is 6.11. The van der Waals surface area contributed by atoms with Gasteiger partial charge in [0.1, 0.15) is 0 Å². The third-order valence-electron chi connectivity index (χ3n) is 3.80. The van der Waals surface area contributed by atoms with Crippen molar-refractivity contribution in [3.8, 4) is 0 Å². The lowest BCUT2D eigenvalue weighted by molar-refractivity contribution is -0.121. The van der Waals surface area contributed by atoms with Gasteiger partial charge in [-0.1, -0.05) is 19.8 Å². The maximum atomic E-state index is 12.6. The lowest BCUT2D eigenvalue weighted by Crippen LogP contribution is -2.45. The van der Waals surface area contributed by atoms with Crippen LogP contribution >= 0.6 is 12.4 Å². The molecule has 0 fully saturated rings. The molecule has 0 saturated carbocycles. The van der Waals surface area contributed by atoms with E-state index in [4.69, 9.17) is 5.73 Å². The summed E-state index contributed by atoms with van der Waals surface area (Å²) in [4.78, 5) is 23.2. The molecule has 0 radical (unpaired) electrons. The maximum absolute atomic E-state index is 12.6. The fourth-order valence-electron chi connectivity index (χ4n) is 2.35. The summed E-state index contributed by atoms with van der Waals surface area (Å²) in [5.74, 6) is -0.635. The standard InChI is InChI=1S/C17H28N4O4S.ClH/c1-4-5-6-15(11-18)20-17(23)12-21(3)26(24,25)16-9-7-14(8-10-16)19-13(2)22;/h7-10,15H,4-6,11-12,18H2,1-3H3,(H,19,22)(H,20,23);1H. The Morgan fingerprint density at radius 1 is 1.22 bits per heavy atom. The minimum absolute atomic E-state index is 0. The van der Waals surface area contributed by atoms with Crippen molar-refractivity contribution in [3.05, 3.63) is 24.3 Å². The molecule has 0 aliphatic heterocycles. The molecule has 10 heteroatoms. The third kappa shape index (κ3) is 8.25. The third-order valence-corrected chi connectivity index (χ3v) is 5.62. The summed E-state index contributed by atoms with van der Waals surface area (Å²) in [6.45, 7) is 3.43. The van der Waals surface area contributed by atoms with Crippen LogP contribution in [0, 0.1) is 0 Å². The van der Waals surface area contributed by atoms with E-state index < -0.39 is 15.9 Å². The van der Waals surface area contributed by atoms with Crippen LogP contribution in [0.25, 0.3) is 0 Å². The molecule has 1 rings (SSSR count). The van der Waals surface area contributed by atoms with Gasteiger partial charge in [0.05, 0.1) is 11.4 Å². The number of carbonyl (C=O) groups is 2. The second kappa shape index (κ2) is 11.9. The van der Waals surface area contributed by atoms with E-state index in [0.29, 0.717) is 12.2 Å². The molecule has 2 amide bonds. The van der Waals surface area contributed by atoms with Crippen LogP contribution in [0.1, 0.15) is 33.1 Å². The van der Waals surface area contributed by atoms with Gasteiger partial charge in [-0.15, -0.1) is 12.4 Å². The lowest BCUT2D eigenvalue weighted by Gasteiger charge is -2.20. The monoisotopic (exact) mass is 420 g/mol. The van der Waals surface area contributed by atoms with Crippen molar-refractivity contribution in [3.63, 3.8) is 0 Å². The first-order valence-corrected chi connectivity index (χ1v) is 9.98. The fourth-order valence-corrected chi connectivity index (χ4v) is 3.48. The highest BCUT2D eigenvalue weighted by Crippen LogP contribution is 2.17. The summed E-state index contributed by atoms with van der Waals surface area (Å²) < 4.78 is 26.1. The fraction of sp³-hybridized carbons (Fsp3) is 0.529. The Labute approximate surface area is 167 Å². The van der Waals surface area contributed by atoms with Crippen molar-refractivity contribution >= 4 is 39.9 Å². The zero-order valence-electron chi connectivity index (χ0n) is 15.9. The number of likely N-dealkylation sites (N-methyl/N-ethyl adjacent to an activating group) is 1. The molecular weight excluding hydrogens is 392 g/mol. The van der Waals surface area contributed by atoms with Crippen LogP contribution in [0.2, 0.25) is 0 Å². The van der Waals surface area contributed by atoms with Gasteiger partial charge >= 0.3 is 0 Å². The number of nitrogens with two attached hydrogens (primary N) is 1. The molecule has 0 heterocycles. The van der Waals surface area contributed by atoms with Gasteiger partial charge in [-0.3, -0.25) is 9.59 Å². The number of amides is 2. The highest BCUT2D eigenvalue weighted by Gasteiger charge is 2.23. The number of halogens is 1. The molecule has 0 bridgehead atoms. The molecule has 1 aromatic carbocycles. The van der Waals surface area contributed by atoms with Crippen LogP contribution < -0.4 is 16.4 Å². The predicted octanol–water partition coefficient (Wildman–Crippen LogP) is 1.32. The molecule has 1 unspecified atom stereocenters. The van der Waals surface area contributed by atoms with E-state index in [9.17, 15) is 18.0 Å². The summed E-state index contributed by atoms with van der Waals surface area (Å²) >= 11 is 0. The number of sulfonamides is 1. The number of rotatable bonds is 10. The Bertz CT molecular complexity index is 710. The Hall–Kier alpha value is -1.68. The molecule has 1 aromatic rings. The van der Waals surface area contributed by atoms with Crippen molar-refractivity contribution in [1.29, 1.82) is 0 Å². The summed E-state index contributed by atoms with van der Waals surface area (Å²) in [5, 5.41) is 5.34. The average molecular weight is 421 g/mol. The number of carbonyl (C=O) groups excluding carboxylic acids is 2. The summed E-state index contributed by atoms with van der Waals surface area (Å²) in [5.41, 5.74) is 6.14. The van der Waals surface area contributed by atoms with Gasteiger partial charge in [-0.2, -0.15) is 4.31 Å². The van der Waals surface area contributed by atoms with E-state index in [-0.39, 0.29) is 35.8 Å². The summed E-state index contributed by atoms with van der Waals surface area (Å²) in [6.07, 6.45) is 2.70. The Kier molecular flexibility index (Phi) is 11.2. The van der Waals surface area contributed by atoms with Crippen LogP contribution in [0.3, 0.4) is 0 Å². The van der Waals surface area contributed by atoms with E-state index in [0.717, 1.165) is 23.6 Å². The molecule has 0 aliphatic carbocycles. The topological polar surface area (TPSA) is 122 Å². The van der Waals surface area contributed by atoms with Crippen LogP contribution in [0.15, 0.2) is 29.2 Å². The van der Waals surface area contributed by atoms with Crippen LogP contribution in [0.5, 0.6) is 0 Å². The van der Waals surface area contributed by atoms with Gasteiger partial charge in [0.15, 0.2) is 0 Å². The van der Waals surface area contributed by atoms with Gasteiger partial charge in [-0.25, -0.2) is 8.42 Å². The zero-order valence-corrected chi connectivity index (χ0v) is 17.5. The Morgan fingerprint density at radius 2 is 1.81 bits per heavy atom. The van der Waals surface area contributed by atoms with Crippen LogP contribution in [-0.4, -0.2) is 50.7 Å². The molecule has 0 aliphatic rings. The zero-order chi connectivity index (χ0) is 19.7. The first-order valence-electron chi connectivity index (χ1n) is 8.54. The van der Waals surface area contributed by atoms with E-state index in [1.165, 1.54) is 38.2 Å². The number of anilines is 1. The molecule has 0 aromatic heterocycles. The predicted molar refractivity (Wildman–Crippen MR) is 108 cm³/mol. The highest BCUT2D eigenvalue weighted by atomic mass is 35.5. The average Bonchev–Trinajstić information content (AvgIpc) is 2.58. The smallest absolute Gasteiger partial charge is 0.243 e. The molecule has 4 N–H and O–H groups in total. The number of nitrogens with one attached hydrogen (secondary N) is 2. The molecule has 8 nitrogen and oxygen atoms in total. The van der Waals surface area contributed by atoms with Gasteiger partial charge in [0.2, 0.25) is 21.8 Å². The molecule has 1 atom stereocenters. The minimum atomic E-state index is -3.81. The van der Waals surface area contributed by atoms with Crippen molar-refractivity contribution in [2.45, 2.75) is 44.0 Å². The van der Waals surface area contributed by atoms with Crippen molar-refractivity contribution in [1.82, 2.24) is 9.62 Å². The largest absolute Gasteiger partial charge is 0.351 e. The first-order chi connectivity index (χ1) is 12.2. The maximum Gasteiger partial charge on any atom is 0.243 e. The number of nitrogens with zero attached hydrogens (tertiary/aromatic N) is 1. The molecule has 0 saturated heterocycles.